The minimum Gasteiger partial charge on any atom is -0.492 e. The summed E-state index contributed by atoms with van der Waals surface area (Å²) in [5, 5.41) is 12.4. The van der Waals surface area contributed by atoms with E-state index in [1.54, 1.807) is 6.20 Å². The van der Waals surface area contributed by atoms with Crippen LogP contribution in [0.25, 0.3) is 21.7 Å². The van der Waals surface area contributed by atoms with Gasteiger partial charge in [-0.3, -0.25) is 4.98 Å². The van der Waals surface area contributed by atoms with E-state index in [1.807, 2.05) is 18.2 Å². The highest BCUT2D eigenvalue weighted by atomic mass is 32.1. The van der Waals surface area contributed by atoms with Gasteiger partial charge in [-0.2, -0.15) is 4.98 Å². The zero-order valence-electron chi connectivity index (χ0n) is 12.9. The van der Waals surface area contributed by atoms with Crippen LogP contribution < -0.4 is 0 Å². The normalized spacial score (nSPS) is 16.9. The minimum atomic E-state index is 0.0554. The van der Waals surface area contributed by atoms with Crippen molar-refractivity contribution in [3.05, 3.63) is 35.3 Å². The Kier molecular flexibility index (Phi) is 3.71. The molecule has 0 saturated carbocycles. The van der Waals surface area contributed by atoms with Crippen molar-refractivity contribution < 1.29 is 5.11 Å². The number of hydrogen-bond donors (Lipinski definition) is 1. The molecule has 0 spiro atoms. The lowest BCUT2D eigenvalue weighted by molar-refractivity contribution is 0.256. The highest BCUT2D eigenvalue weighted by Crippen LogP contribution is 2.39. The van der Waals surface area contributed by atoms with Crippen molar-refractivity contribution in [3.63, 3.8) is 0 Å². The Morgan fingerprint density at radius 3 is 2.78 bits per heavy atom. The van der Waals surface area contributed by atoms with Crippen molar-refractivity contribution in [2.45, 2.75) is 18.8 Å². The molecule has 3 aromatic rings. The van der Waals surface area contributed by atoms with Gasteiger partial charge in [0.1, 0.15) is 10.4 Å². The molecule has 118 valence electrons. The van der Waals surface area contributed by atoms with Crippen LogP contribution in [0.3, 0.4) is 0 Å². The Morgan fingerprint density at radius 1 is 1.22 bits per heavy atom. The van der Waals surface area contributed by atoms with Crippen LogP contribution in [0.15, 0.2) is 29.8 Å². The molecule has 5 nitrogen and oxygen atoms in total. The van der Waals surface area contributed by atoms with Crippen LogP contribution >= 0.6 is 11.3 Å². The van der Waals surface area contributed by atoms with Crippen LogP contribution in [0.1, 0.15) is 24.3 Å². The van der Waals surface area contributed by atoms with E-state index in [0.29, 0.717) is 17.4 Å². The molecule has 1 saturated heterocycles. The molecular weight excluding hydrogens is 308 g/mol. The number of piperidine rings is 1. The van der Waals surface area contributed by atoms with Gasteiger partial charge in [-0.1, -0.05) is 6.07 Å². The van der Waals surface area contributed by atoms with Crippen LogP contribution in [-0.4, -0.2) is 45.1 Å². The Bertz CT molecular complexity index is 825. The summed E-state index contributed by atoms with van der Waals surface area (Å²) in [5.74, 6) is 1.05. The highest BCUT2D eigenvalue weighted by Gasteiger charge is 2.23. The molecule has 4 rings (SSSR count). The van der Waals surface area contributed by atoms with Gasteiger partial charge in [0.15, 0.2) is 5.82 Å². The Labute approximate surface area is 138 Å². The molecule has 0 aliphatic carbocycles. The van der Waals surface area contributed by atoms with Gasteiger partial charge in [-0.15, -0.1) is 11.3 Å². The number of likely N-dealkylation sites (tertiary alicyclic amines) is 1. The molecule has 0 amide bonds. The zero-order chi connectivity index (χ0) is 15.8. The Hall–Kier alpha value is -2.05. The predicted octanol–water partition coefficient (Wildman–Crippen LogP) is 3.27. The maximum Gasteiger partial charge on any atom is 0.233 e. The summed E-state index contributed by atoms with van der Waals surface area (Å²) in [7, 11) is 2.16. The number of rotatable bonds is 2. The van der Waals surface area contributed by atoms with Gasteiger partial charge in [-0.05, 0) is 62.0 Å². The second kappa shape index (κ2) is 5.86. The summed E-state index contributed by atoms with van der Waals surface area (Å²) < 4.78 is 0.776. The summed E-state index contributed by atoms with van der Waals surface area (Å²) in [4.78, 5) is 15.6. The first-order chi connectivity index (χ1) is 11.2. The first kappa shape index (κ1) is 14.5. The van der Waals surface area contributed by atoms with Crippen molar-refractivity contribution in [1.29, 1.82) is 0 Å². The smallest absolute Gasteiger partial charge is 0.233 e. The lowest BCUT2D eigenvalue weighted by atomic mass is 9.91. The minimum absolute atomic E-state index is 0.0554. The van der Waals surface area contributed by atoms with E-state index >= 15 is 0 Å². The number of hydrogen-bond acceptors (Lipinski definition) is 6. The number of fused-ring (bicyclic) bond motifs is 1. The predicted molar refractivity (Wildman–Crippen MR) is 91.8 cm³/mol. The van der Waals surface area contributed by atoms with Crippen molar-refractivity contribution in [3.8, 4) is 17.4 Å². The second-order valence-corrected chi connectivity index (χ2v) is 6.91. The summed E-state index contributed by atoms with van der Waals surface area (Å²) in [6.07, 6.45) is 3.98. The first-order valence-corrected chi connectivity index (χ1v) is 8.68. The molecule has 4 heterocycles. The average molecular weight is 326 g/mol. The van der Waals surface area contributed by atoms with Crippen LogP contribution in [0, 0.1) is 0 Å². The Balaban J connectivity index is 1.79. The number of aromatic nitrogens is 3. The van der Waals surface area contributed by atoms with E-state index in [2.05, 4.69) is 27.3 Å². The third-order valence-corrected chi connectivity index (χ3v) is 5.46. The van der Waals surface area contributed by atoms with Gasteiger partial charge in [-0.25, -0.2) is 4.98 Å². The quantitative estimate of drug-likeness (QED) is 0.783. The standard InChI is InChI=1S/C17H18N4OS/c1-21-8-5-11(6-9-21)12-10-23-15-14(12)19-16(20-17(15)22)13-4-2-3-7-18-13/h2-4,7,10-11H,5-6,8-9H2,1H3,(H,19,20,22). The molecule has 0 radical (unpaired) electrons. The molecule has 0 aromatic carbocycles. The number of aromatic hydroxyl groups is 1. The molecular formula is C17H18N4OS. The van der Waals surface area contributed by atoms with E-state index in [0.717, 1.165) is 36.1 Å². The summed E-state index contributed by atoms with van der Waals surface area (Å²) in [5.41, 5.74) is 2.82. The van der Waals surface area contributed by atoms with Gasteiger partial charge in [0.05, 0.1) is 5.52 Å². The monoisotopic (exact) mass is 326 g/mol. The average Bonchev–Trinajstić information content (AvgIpc) is 3.01. The molecule has 3 aromatic heterocycles. The van der Waals surface area contributed by atoms with E-state index in [1.165, 1.54) is 16.9 Å². The van der Waals surface area contributed by atoms with Gasteiger partial charge in [0, 0.05) is 6.20 Å². The molecule has 23 heavy (non-hydrogen) atoms. The second-order valence-electron chi connectivity index (χ2n) is 6.03. The third-order valence-electron chi connectivity index (χ3n) is 4.48. The molecule has 1 aliphatic rings. The topological polar surface area (TPSA) is 62.1 Å². The lowest BCUT2D eigenvalue weighted by Crippen LogP contribution is -2.29. The molecule has 6 heteroatoms. The summed E-state index contributed by atoms with van der Waals surface area (Å²) in [6, 6.07) is 5.62. The van der Waals surface area contributed by atoms with Crippen molar-refractivity contribution >= 4 is 21.6 Å². The largest absolute Gasteiger partial charge is 0.492 e. The van der Waals surface area contributed by atoms with E-state index in [9.17, 15) is 5.11 Å². The van der Waals surface area contributed by atoms with Crippen molar-refractivity contribution in [1.82, 2.24) is 19.9 Å². The molecule has 0 bridgehead atoms. The lowest BCUT2D eigenvalue weighted by Gasteiger charge is -2.28. The first-order valence-electron chi connectivity index (χ1n) is 7.80. The summed E-state index contributed by atoms with van der Waals surface area (Å²) in [6.45, 7) is 2.21. The summed E-state index contributed by atoms with van der Waals surface area (Å²) >= 11 is 1.53. The van der Waals surface area contributed by atoms with Gasteiger partial charge in [0.2, 0.25) is 5.88 Å². The molecule has 1 aliphatic heterocycles. The SMILES string of the molecule is CN1CCC(c2csc3c(O)nc(-c4ccccn4)nc23)CC1. The zero-order valence-corrected chi connectivity index (χ0v) is 13.8. The fraction of sp³-hybridized carbons (Fsp3) is 0.353. The van der Waals surface area contributed by atoms with Crippen molar-refractivity contribution in [2.24, 2.45) is 0 Å². The van der Waals surface area contributed by atoms with E-state index < -0.39 is 0 Å². The molecule has 1 fully saturated rings. The number of thiophene rings is 1. The number of pyridine rings is 1. The third kappa shape index (κ3) is 2.68. The Morgan fingerprint density at radius 2 is 2.04 bits per heavy atom. The van der Waals surface area contributed by atoms with Gasteiger partial charge < -0.3 is 10.0 Å². The van der Waals surface area contributed by atoms with E-state index in [-0.39, 0.29) is 5.88 Å². The van der Waals surface area contributed by atoms with Gasteiger partial charge in [0.25, 0.3) is 0 Å². The van der Waals surface area contributed by atoms with Crippen LogP contribution in [0.2, 0.25) is 0 Å². The number of nitrogens with zero attached hydrogens (tertiary/aromatic N) is 4. The van der Waals surface area contributed by atoms with Crippen LogP contribution in [-0.2, 0) is 0 Å². The fourth-order valence-electron chi connectivity index (χ4n) is 3.14. The van der Waals surface area contributed by atoms with Crippen LogP contribution in [0.4, 0.5) is 0 Å². The van der Waals surface area contributed by atoms with Crippen molar-refractivity contribution in [2.75, 3.05) is 20.1 Å². The molecule has 1 N–H and O–H groups in total. The van der Waals surface area contributed by atoms with Crippen LogP contribution in [0.5, 0.6) is 5.88 Å². The van der Waals surface area contributed by atoms with Gasteiger partial charge >= 0.3 is 0 Å². The maximum atomic E-state index is 10.3. The highest BCUT2D eigenvalue weighted by molar-refractivity contribution is 7.17. The molecule has 0 atom stereocenters. The molecule has 0 unspecified atom stereocenters. The fourth-order valence-corrected chi connectivity index (χ4v) is 4.11. The maximum absolute atomic E-state index is 10.3. The van der Waals surface area contributed by atoms with E-state index in [4.69, 9.17) is 4.98 Å².